The van der Waals surface area contributed by atoms with Crippen molar-refractivity contribution >= 4 is 17.6 Å². The normalized spacial score (nSPS) is 10.2. The average molecular weight is 435 g/mol. The number of carbonyl (C=O) groups is 2. The number of carbonyl (C=O) groups excluding carboxylic acids is 2. The van der Waals surface area contributed by atoms with E-state index in [9.17, 15) is 9.59 Å². The van der Waals surface area contributed by atoms with Gasteiger partial charge in [0.1, 0.15) is 12.4 Å². The Morgan fingerprint density at radius 2 is 1.62 bits per heavy atom. The fourth-order valence-electron chi connectivity index (χ4n) is 2.91. The highest BCUT2D eigenvalue weighted by Gasteiger charge is 2.15. The Hall–Kier alpha value is -4.00. The molecule has 32 heavy (non-hydrogen) atoms. The van der Waals surface area contributed by atoms with E-state index < -0.39 is 5.97 Å². The molecule has 3 rings (SSSR count). The summed E-state index contributed by atoms with van der Waals surface area (Å²) in [5, 5.41) is 2.89. The Morgan fingerprint density at radius 3 is 2.34 bits per heavy atom. The summed E-state index contributed by atoms with van der Waals surface area (Å²) in [4.78, 5) is 24.2. The molecule has 0 aromatic heterocycles. The van der Waals surface area contributed by atoms with Crippen molar-refractivity contribution in [1.82, 2.24) is 0 Å². The number of anilines is 1. The first-order valence-corrected chi connectivity index (χ1v) is 9.96. The molecule has 0 saturated carbocycles. The minimum absolute atomic E-state index is 0.260. The molecule has 0 radical (unpaired) electrons. The first kappa shape index (κ1) is 22.7. The van der Waals surface area contributed by atoms with Gasteiger partial charge in [0.05, 0.1) is 19.9 Å². The first-order valence-electron chi connectivity index (χ1n) is 9.96. The van der Waals surface area contributed by atoms with Crippen LogP contribution in [0.15, 0.2) is 66.7 Å². The predicted molar refractivity (Wildman–Crippen MR) is 120 cm³/mol. The largest absolute Gasteiger partial charge is 0.493 e. The number of benzene rings is 3. The Bertz CT molecular complexity index is 1080. The van der Waals surface area contributed by atoms with Gasteiger partial charge in [0.15, 0.2) is 18.1 Å². The molecule has 1 amide bonds. The zero-order valence-electron chi connectivity index (χ0n) is 18.2. The number of amides is 1. The van der Waals surface area contributed by atoms with Crippen LogP contribution in [-0.2, 0) is 16.1 Å². The third-order valence-electron chi connectivity index (χ3n) is 4.62. The lowest BCUT2D eigenvalue weighted by Crippen LogP contribution is -2.15. The minimum Gasteiger partial charge on any atom is -0.493 e. The highest BCUT2D eigenvalue weighted by Crippen LogP contribution is 2.30. The highest BCUT2D eigenvalue weighted by molar-refractivity contribution is 6.05. The smallest absolute Gasteiger partial charge is 0.343 e. The Balaban J connectivity index is 1.74. The van der Waals surface area contributed by atoms with Gasteiger partial charge in [-0.05, 0) is 48.4 Å². The number of nitrogens with one attached hydrogen (secondary N) is 1. The zero-order valence-corrected chi connectivity index (χ0v) is 18.2. The first-order chi connectivity index (χ1) is 15.5. The lowest BCUT2D eigenvalue weighted by atomic mass is 10.1. The molecule has 0 aliphatic rings. The van der Waals surface area contributed by atoms with Gasteiger partial charge in [-0.1, -0.05) is 36.4 Å². The number of aryl methyl sites for hydroxylation is 1. The zero-order chi connectivity index (χ0) is 22.9. The molecule has 0 spiro atoms. The number of hydrogen-bond donors (Lipinski definition) is 1. The van der Waals surface area contributed by atoms with Gasteiger partial charge in [0, 0.05) is 5.56 Å². The second kappa shape index (κ2) is 10.9. The molecule has 0 aliphatic heterocycles. The van der Waals surface area contributed by atoms with Crippen LogP contribution in [-0.4, -0.2) is 32.7 Å². The molecule has 0 unspecified atom stereocenters. The fourth-order valence-corrected chi connectivity index (χ4v) is 2.91. The summed E-state index contributed by atoms with van der Waals surface area (Å²) in [5.74, 6) is 0.377. The van der Waals surface area contributed by atoms with Gasteiger partial charge in [-0.25, -0.2) is 4.79 Å². The summed E-state index contributed by atoms with van der Waals surface area (Å²) in [7, 11) is 2.73. The Morgan fingerprint density at radius 1 is 0.844 bits per heavy atom. The van der Waals surface area contributed by atoms with E-state index in [2.05, 4.69) is 10.1 Å². The molecule has 0 aliphatic carbocycles. The summed E-state index contributed by atoms with van der Waals surface area (Å²) < 4.78 is 21.2. The van der Waals surface area contributed by atoms with Crippen molar-refractivity contribution in [3.63, 3.8) is 0 Å². The second-order valence-electron chi connectivity index (χ2n) is 6.96. The van der Waals surface area contributed by atoms with Crippen LogP contribution >= 0.6 is 0 Å². The molecule has 3 aromatic rings. The monoisotopic (exact) mass is 435 g/mol. The van der Waals surface area contributed by atoms with Crippen molar-refractivity contribution in [1.29, 1.82) is 0 Å². The van der Waals surface area contributed by atoms with Crippen molar-refractivity contribution < 1.29 is 28.5 Å². The molecule has 1 N–H and O–H groups in total. The summed E-state index contributed by atoms with van der Waals surface area (Å²) in [6, 6.07) is 20.1. The highest BCUT2D eigenvalue weighted by atomic mass is 16.6. The lowest BCUT2D eigenvalue weighted by Gasteiger charge is -2.15. The van der Waals surface area contributed by atoms with E-state index >= 15 is 0 Å². The van der Waals surface area contributed by atoms with Crippen molar-refractivity contribution in [2.24, 2.45) is 0 Å². The number of rotatable bonds is 9. The lowest BCUT2D eigenvalue weighted by molar-refractivity contribution is -0.142. The van der Waals surface area contributed by atoms with Crippen LogP contribution in [0.25, 0.3) is 0 Å². The number of methoxy groups -OCH3 is 2. The standard InChI is InChI=1S/C25H25NO6/c1-17-9-11-20(22(13-17)31-15-18-7-5-4-6-8-18)26-25(28)19-10-12-21(23(14-19)29-2)32-16-24(27)30-3/h4-14H,15-16H2,1-3H3,(H,26,28). The molecular formula is C25H25NO6. The molecule has 7 heteroatoms. The summed E-state index contributed by atoms with van der Waals surface area (Å²) in [6.45, 7) is 2.08. The third kappa shape index (κ3) is 6.01. The molecule has 0 heterocycles. The van der Waals surface area contributed by atoms with Crippen molar-refractivity contribution in [2.75, 3.05) is 26.1 Å². The Labute approximate surface area is 186 Å². The van der Waals surface area contributed by atoms with Crippen LogP contribution in [0.5, 0.6) is 17.2 Å². The van der Waals surface area contributed by atoms with Crippen molar-refractivity contribution in [2.45, 2.75) is 13.5 Å². The molecular weight excluding hydrogens is 410 g/mol. The van der Waals surface area contributed by atoms with E-state index in [0.717, 1.165) is 11.1 Å². The van der Waals surface area contributed by atoms with E-state index in [1.165, 1.54) is 14.2 Å². The second-order valence-corrected chi connectivity index (χ2v) is 6.96. The van der Waals surface area contributed by atoms with Gasteiger partial charge in [-0.15, -0.1) is 0 Å². The van der Waals surface area contributed by atoms with E-state index in [1.54, 1.807) is 24.3 Å². The van der Waals surface area contributed by atoms with Gasteiger partial charge < -0.3 is 24.3 Å². The molecule has 3 aromatic carbocycles. The van der Waals surface area contributed by atoms with E-state index in [1.807, 2.05) is 49.4 Å². The summed E-state index contributed by atoms with van der Waals surface area (Å²) in [5.41, 5.74) is 2.96. The van der Waals surface area contributed by atoms with Crippen molar-refractivity contribution in [3.8, 4) is 17.2 Å². The summed E-state index contributed by atoms with van der Waals surface area (Å²) in [6.07, 6.45) is 0. The Kier molecular flexibility index (Phi) is 7.70. The topological polar surface area (TPSA) is 83.1 Å². The van der Waals surface area contributed by atoms with Crippen LogP contribution in [0.1, 0.15) is 21.5 Å². The maximum absolute atomic E-state index is 12.9. The quantitative estimate of drug-likeness (QED) is 0.502. The molecule has 0 bridgehead atoms. The molecule has 166 valence electrons. The fraction of sp³-hybridized carbons (Fsp3) is 0.200. The third-order valence-corrected chi connectivity index (χ3v) is 4.62. The van der Waals surface area contributed by atoms with Gasteiger partial charge in [-0.3, -0.25) is 4.79 Å². The predicted octanol–water partition coefficient (Wildman–Crippen LogP) is 4.39. The summed E-state index contributed by atoms with van der Waals surface area (Å²) >= 11 is 0. The number of hydrogen-bond acceptors (Lipinski definition) is 6. The molecule has 0 fully saturated rings. The maximum Gasteiger partial charge on any atom is 0.343 e. The van der Waals surface area contributed by atoms with Crippen LogP contribution < -0.4 is 19.5 Å². The minimum atomic E-state index is -0.517. The molecule has 0 atom stereocenters. The number of esters is 1. The van der Waals surface area contributed by atoms with Gasteiger partial charge >= 0.3 is 5.97 Å². The molecule has 0 saturated heterocycles. The molecule has 7 nitrogen and oxygen atoms in total. The van der Waals surface area contributed by atoms with Gasteiger partial charge in [0.2, 0.25) is 0 Å². The van der Waals surface area contributed by atoms with E-state index in [4.69, 9.17) is 14.2 Å². The van der Waals surface area contributed by atoms with Crippen LogP contribution in [0, 0.1) is 6.92 Å². The van der Waals surface area contributed by atoms with Gasteiger partial charge in [-0.2, -0.15) is 0 Å². The SMILES string of the molecule is COC(=O)COc1ccc(C(=O)Nc2ccc(C)cc2OCc2ccccc2)cc1OC. The van der Waals surface area contributed by atoms with Crippen LogP contribution in [0.3, 0.4) is 0 Å². The number of ether oxygens (including phenoxy) is 4. The average Bonchev–Trinajstić information content (AvgIpc) is 2.83. The van der Waals surface area contributed by atoms with Gasteiger partial charge in [0.25, 0.3) is 5.91 Å². The van der Waals surface area contributed by atoms with Crippen LogP contribution in [0.2, 0.25) is 0 Å². The maximum atomic E-state index is 12.9. The van der Waals surface area contributed by atoms with E-state index in [0.29, 0.717) is 35.1 Å². The van der Waals surface area contributed by atoms with Crippen LogP contribution in [0.4, 0.5) is 5.69 Å². The van der Waals surface area contributed by atoms with E-state index in [-0.39, 0.29) is 12.5 Å². The van der Waals surface area contributed by atoms with Crippen molar-refractivity contribution in [3.05, 3.63) is 83.4 Å².